The number of hydrogen-bond acceptors (Lipinski definition) is 5. The first-order valence-electron chi connectivity index (χ1n) is 5.80. The van der Waals surface area contributed by atoms with Crippen LogP contribution in [0, 0.1) is 6.92 Å². The Morgan fingerprint density at radius 2 is 2.10 bits per heavy atom. The third-order valence-electron chi connectivity index (χ3n) is 2.63. The van der Waals surface area contributed by atoms with E-state index in [0.29, 0.717) is 5.82 Å². The highest BCUT2D eigenvalue weighted by Gasteiger charge is 2.16. The smallest absolute Gasteiger partial charge is 0.271 e. The summed E-state index contributed by atoms with van der Waals surface area (Å²) in [6.45, 7) is 1.77. The van der Waals surface area contributed by atoms with Crippen molar-refractivity contribution in [2.24, 2.45) is 12.8 Å². The molecule has 0 bridgehead atoms. The fourth-order valence-corrected chi connectivity index (χ4v) is 1.78. The molecule has 2 aromatic heterocycles. The van der Waals surface area contributed by atoms with Gasteiger partial charge in [-0.05, 0) is 6.92 Å². The summed E-state index contributed by atoms with van der Waals surface area (Å²) in [6.07, 6.45) is 1.50. The van der Waals surface area contributed by atoms with Gasteiger partial charge in [0.15, 0.2) is 5.69 Å². The van der Waals surface area contributed by atoms with Crippen LogP contribution in [-0.4, -0.2) is 31.4 Å². The number of nitrogens with zero attached hydrogens (tertiary/aromatic N) is 4. The topological polar surface area (TPSA) is 134 Å². The molecule has 2 heterocycles. The van der Waals surface area contributed by atoms with E-state index in [4.69, 9.17) is 11.5 Å². The van der Waals surface area contributed by atoms with Gasteiger partial charge in [-0.15, -0.1) is 0 Å². The molecule has 9 nitrogen and oxygen atoms in total. The quantitative estimate of drug-likeness (QED) is 0.675. The van der Waals surface area contributed by atoms with Gasteiger partial charge in [-0.2, -0.15) is 10.2 Å². The molecule has 9 heteroatoms. The molecule has 0 aliphatic rings. The number of anilines is 2. The number of aromatic nitrogens is 4. The Balaban J connectivity index is 2.12. The Bertz CT molecular complexity index is 670. The summed E-state index contributed by atoms with van der Waals surface area (Å²) in [5.41, 5.74) is 11.8. The van der Waals surface area contributed by atoms with E-state index < -0.39 is 5.91 Å². The summed E-state index contributed by atoms with van der Waals surface area (Å²) < 4.78 is 2.86. The highest BCUT2D eigenvalue weighted by molar-refractivity contribution is 6.01. The van der Waals surface area contributed by atoms with Crippen LogP contribution in [0.2, 0.25) is 0 Å². The first kappa shape index (κ1) is 13.6. The van der Waals surface area contributed by atoms with E-state index in [1.165, 1.54) is 15.6 Å². The van der Waals surface area contributed by atoms with Crippen LogP contribution in [0.1, 0.15) is 16.2 Å². The summed E-state index contributed by atoms with van der Waals surface area (Å²) in [7, 11) is 1.63. The van der Waals surface area contributed by atoms with E-state index in [9.17, 15) is 9.59 Å². The number of carbonyl (C=O) groups is 2. The second-order valence-electron chi connectivity index (χ2n) is 4.35. The Morgan fingerprint density at radius 3 is 2.65 bits per heavy atom. The van der Waals surface area contributed by atoms with Crippen molar-refractivity contribution in [3.05, 3.63) is 23.7 Å². The second kappa shape index (κ2) is 5.03. The number of primary amides is 1. The summed E-state index contributed by atoms with van der Waals surface area (Å²) in [5, 5.41) is 10.4. The molecule has 0 spiro atoms. The molecule has 2 amide bonds. The van der Waals surface area contributed by atoms with Crippen LogP contribution < -0.4 is 16.8 Å². The molecule has 0 aliphatic carbocycles. The highest BCUT2D eigenvalue weighted by atomic mass is 16.2. The molecule has 5 N–H and O–H groups in total. The Kier molecular flexibility index (Phi) is 3.42. The van der Waals surface area contributed by atoms with Crippen molar-refractivity contribution >= 4 is 23.3 Å². The van der Waals surface area contributed by atoms with Crippen molar-refractivity contribution in [2.75, 3.05) is 11.1 Å². The SMILES string of the molecule is Cc1cc(N)nn1CC(=O)Nc1cn(C)nc1C(N)=O. The van der Waals surface area contributed by atoms with Gasteiger partial charge in [-0.1, -0.05) is 0 Å². The predicted molar refractivity (Wildman–Crippen MR) is 71.7 cm³/mol. The van der Waals surface area contributed by atoms with Crippen LogP contribution in [-0.2, 0) is 18.4 Å². The number of rotatable bonds is 4. The van der Waals surface area contributed by atoms with E-state index in [-0.39, 0.29) is 23.8 Å². The Hall–Kier alpha value is -2.84. The van der Waals surface area contributed by atoms with E-state index >= 15 is 0 Å². The molecule has 106 valence electrons. The molecule has 0 aromatic carbocycles. The van der Waals surface area contributed by atoms with Crippen molar-refractivity contribution in [1.29, 1.82) is 0 Å². The average Bonchev–Trinajstić information content (AvgIpc) is 2.82. The van der Waals surface area contributed by atoms with Crippen LogP contribution in [0.5, 0.6) is 0 Å². The zero-order valence-electron chi connectivity index (χ0n) is 11.1. The monoisotopic (exact) mass is 277 g/mol. The molecule has 2 aromatic rings. The lowest BCUT2D eigenvalue weighted by Crippen LogP contribution is -2.22. The lowest BCUT2D eigenvalue weighted by molar-refractivity contribution is -0.116. The van der Waals surface area contributed by atoms with Gasteiger partial charge in [-0.3, -0.25) is 19.0 Å². The molecule has 0 unspecified atom stereocenters. The average molecular weight is 277 g/mol. The Morgan fingerprint density at radius 1 is 1.40 bits per heavy atom. The first-order valence-corrected chi connectivity index (χ1v) is 5.80. The van der Waals surface area contributed by atoms with E-state index in [1.54, 1.807) is 20.0 Å². The number of aryl methyl sites for hydroxylation is 2. The van der Waals surface area contributed by atoms with Gasteiger partial charge in [0.1, 0.15) is 12.4 Å². The minimum Gasteiger partial charge on any atom is -0.382 e. The van der Waals surface area contributed by atoms with Gasteiger partial charge in [0, 0.05) is 25.0 Å². The maximum absolute atomic E-state index is 11.9. The van der Waals surface area contributed by atoms with Gasteiger partial charge in [0.2, 0.25) is 5.91 Å². The van der Waals surface area contributed by atoms with Gasteiger partial charge < -0.3 is 16.8 Å². The molecule has 0 radical (unpaired) electrons. The lowest BCUT2D eigenvalue weighted by atomic mass is 10.3. The molecule has 0 fully saturated rings. The highest BCUT2D eigenvalue weighted by Crippen LogP contribution is 2.13. The van der Waals surface area contributed by atoms with Crippen LogP contribution in [0.25, 0.3) is 0 Å². The standard InChI is InChI=1S/C11H15N7O2/c1-6-3-8(12)15-18(6)5-9(19)14-7-4-17(2)16-10(7)11(13)20/h3-4H,5H2,1-2H3,(H2,12,15)(H2,13,20)(H,14,19). The van der Waals surface area contributed by atoms with Crippen molar-refractivity contribution in [3.63, 3.8) is 0 Å². The number of nitrogens with one attached hydrogen (secondary N) is 1. The van der Waals surface area contributed by atoms with Crippen LogP contribution in [0.15, 0.2) is 12.3 Å². The van der Waals surface area contributed by atoms with Crippen molar-refractivity contribution in [1.82, 2.24) is 19.6 Å². The number of amides is 2. The zero-order chi connectivity index (χ0) is 14.9. The van der Waals surface area contributed by atoms with Crippen LogP contribution in [0.3, 0.4) is 0 Å². The normalized spacial score (nSPS) is 10.5. The third-order valence-corrected chi connectivity index (χ3v) is 2.63. The summed E-state index contributed by atoms with van der Waals surface area (Å²) in [4.78, 5) is 23.1. The number of hydrogen-bond donors (Lipinski definition) is 3. The number of nitrogen functional groups attached to an aromatic ring is 1. The largest absolute Gasteiger partial charge is 0.382 e. The molecular weight excluding hydrogens is 262 g/mol. The maximum atomic E-state index is 11.9. The fraction of sp³-hybridized carbons (Fsp3) is 0.273. The summed E-state index contributed by atoms with van der Waals surface area (Å²) in [6, 6.07) is 1.66. The van der Waals surface area contributed by atoms with Crippen molar-refractivity contribution in [2.45, 2.75) is 13.5 Å². The minimum atomic E-state index is -0.708. The van der Waals surface area contributed by atoms with Gasteiger partial charge >= 0.3 is 0 Å². The Labute approximate surface area is 114 Å². The van der Waals surface area contributed by atoms with Gasteiger partial charge in [0.25, 0.3) is 5.91 Å². The number of carbonyl (C=O) groups excluding carboxylic acids is 2. The van der Waals surface area contributed by atoms with Crippen LogP contribution >= 0.6 is 0 Å². The number of nitrogens with two attached hydrogens (primary N) is 2. The molecule has 2 rings (SSSR count). The molecule has 0 saturated heterocycles. The summed E-state index contributed by atoms with van der Waals surface area (Å²) in [5.74, 6) is -0.721. The van der Waals surface area contributed by atoms with Crippen LogP contribution in [0.4, 0.5) is 11.5 Å². The summed E-state index contributed by atoms with van der Waals surface area (Å²) >= 11 is 0. The molecule has 0 aliphatic heterocycles. The molecular formula is C11H15N7O2. The molecule has 0 saturated carbocycles. The first-order chi connectivity index (χ1) is 9.36. The second-order valence-corrected chi connectivity index (χ2v) is 4.35. The fourth-order valence-electron chi connectivity index (χ4n) is 1.78. The van der Waals surface area contributed by atoms with E-state index in [1.807, 2.05) is 0 Å². The third kappa shape index (κ3) is 2.76. The van der Waals surface area contributed by atoms with Gasteiger partial charge in [0.05, 0.1) is 5.69 Å². The van der Waals surface area contributed by atoms with Gasteiger partial charge in [-0.25, -0.2) is 0 Å². The lowest BCUT2D eigenvalue weighted by Gasteiger charge is -2.05. The zero-order valence-corrected chi connectivity index (χ0v) is 11.1. The maximum Gasteiger partial charge on any atom is 0.271 e. The predicted octanol–water partition coefficient (Wildman–Crippen LogP) is -0.755. The van der Waals surface area contributed by atoms with E-state index in [2.05, 4.69) is 15.5 Å². The van der Waals surface area contributed by atoms with Crippen molar-refractivity contribution < 1.29 is 9.59 Å². The van der Waals surface area contributed by atoms with Crippen molar-refractivity contribution in [3.8, 4) is 0 Å². The van der Waals surface area contributed by atoms with E-state index in [0.717, 1.165) is 5.69 Å². The molecule has 20 heavy (non-hydrogen) atoms. The molecule has 0 atom stereocenters. The minimum absolute atomic E-state index is 0.0116.